The third-order valence-electron chi connectivity index (χ3n) is 2.84. The van der Waals surface area contributed by atoms with E-state index in [0.717, 1.165) is 12.1 Å². The van der Waals surface area contributed by atoms with Crippen LogP contribution < -0.4 is 10.2 Å². The normalized spacial score (nSPS) is 14.4. The van der Waals surface area contributed by atoms with Crippen LogP contribution in [-0.2, 0) is 4.79 Å². The highest BCUT2D eigenvalue weighted by molar-refractivity contribution is 5.99. The number of benzene rings is 1. The summed E-state index contributed by atoms with van der Waals surface area (Å²) in [7, 11) is 0. The molecule has 4 heteroatoms. The molecular formula is C14H14N2O2. The molecule has 18 heavy (non-hydrogen) atoms. The molecule has 92 valence electrons. The molecule has 1 aliphatic heterocycles. The first kappa shape index (κ1) is 12.2. The molecule has 0 atom stereocenters. The van der Waals surface area contributed by atoms with Crippen LogP contribution in [0.2, 0.25) is 0 Å². The summed E-state index contributed by atoms with van der Waals surface area (Å²) in [6.07, 6.45) is 6.53. The molecule has 1 aromatic rings. The van der Waals surface area contributed by atoms with Gasteiger partial charge in [0.05, 0.1) is 6.54 Å². The minimum Gasteiger partial charge on any atom is -0.341 e. The van der Waals surface area contributed by atoms with Gasteiger partial charge in [0.15, 0.2) is 0 Å². The van der Waals surface area contributed by atoms with Gasteiger partial charge in [0.2, 0.25) is 5.91 Å². The highest BCUT2D eigenvalue weighted by atomic mass is 16.2. The Kier molecular flexibility index (Phi) is 3.63. The van der Waals surface area contributed by atoms with Gasteiger partial charge in [0.1, 0.15) is 0 Å². The number of hydrogen-bond donors (Lipinski definition) is 1. The lowest BCUT2D eigenvalue weighted by molar-refractivity contribution is -0.117. The summed E-state index contributed by atoms with van der Waals surface area (Å²) in [5.74, 6) is 2.24. The average molecular weight is 242 g/mol. The van der Waals surface area contributed by atoms with Crippen molar-refractivity contribution in [3.8, 4) is 12.3 Å². The second kappa shape index (κ2) is 5.37. The van der Waals surface area contributed by atoms with Crippen molar-refractivity contribution in [1.82, 2.24) is 5.32 Å². The molecule has 0 spiro atoms. The maximum absolute atomic E-state index is 11.7. The predicted octanol–water partition coefficient (Wildman–Crippen LogP) is 1.18. The summed E-state index contributed by atoms with van der Waals surface area (Å²) in [6.45, 7) is 0.917. The van der Waals surface area contributed by atoms with E-state index in [2.05, 4.69) is 11.2 Å². The zero-order valence-electron chi connectivity index (χ0n) is 9.98. The minimum absolute atomic E-state index is 0.108. The first-order valence-electron chi connectivity index (χ1n) is 5.84. The maximum atomic E-state index is 11.7. The van der Waals surface area contributed by atoms with Gasteiger partial charge in [-0.15, -0.1) is 6.42 Å². The number of carbonyl (C=O) groups is 2. The monoisotopic (exact) mass is 242 g/mol. The number of carbonyl (C=O) groups excluding carboxylic acids is 2. The van der Waals surface area contributed by atoms with E-state index < -0.39 is 0 Å². The first-order chi connectivity index (χ1) is 8.72. The molecular weight excluding hydrogens is 228 g/mol. The number of amides is 2. The first-order valence-corrected chi connectivity index (χ1v) is 5.84. The quantitative estimate of drug-likeness (QED) is 0.809. The lowest BCUT2D eigenvalue weighted by Crippen LogP contribution is -2.26. The van der Waals surface area contributed by atoms with E-state index in [1.807, 2.05) is 6.07 Å². The number of rotatable bonds is 3. The Morgan fingerprint density at radius 1 is 1.50 bits per heavy atom. The van der Waals surface area contributed by atoms with Crippen LogP contribution in [0.15, 0.2) is 24.3 Å². The molecule has 0 bridgehead atoms. The van der Waals surface area contributed by atoms with Crippen LogP contribution in [0.4, 0.5) is 5.69 Å². The third-order valence-corrected chi connectivity index (χ3v) is 2.84. The van der Waals surface area contributed by atoms with E-state index in [-0.39, 0.29) is 18.4 Å². The predicted molar refractivity (Wildman–Crippen MR) is 69.2 cm³/mol. The van der Waals surface area contributed by atoms with E-state index in [9.17, 15) is 9.59 Å². The molecule has 0 unspecified atom stereocenters. The summed E-state index contributed by atoms with van der Waals surface area (Å²) >= 11 is 0. The molecule has 0 aromatic heterocycles. The number of nitrogens with one attached hydrogen (secondary N) is 1. The van der Waals surface area contributed by atoms with Gasteiger partial charge in [0.25, 0.3) is 5.91 Å². The van der Waals surface area contributed by atoms with Gasteiger partial charge in [-0.25, -0.2) is 0 Å². The van der Waals surface area contributed by atoms with Crippen molar-refractivity contribution < 1.29 is 9.59 Å². The molecule has 1 fully saturated rings. The highest BCUT2D eigenvalue weighted by Crippen LogP contribution is 2.22. The fraction of sp³-hybridized carbons (Fsp3) is 0.286. The van der Waals surface area contributed by atoms with Crippen LogP contribution in [0, 0.1) is 12.3 Å². The highest BCUT2D eigenvalue weighted by Gasteiger charge is 2.22. The molecule has 0 saturated carbocycles. The summed E-state index contributed by atoms with van der Waals surface area (Å²) in [5, 5.41) is 2.60. The zero-order chi connectivity index (χ0) is 13.0. The molecule has 1 saturated heterocycles. The van der Waals surface area contributed by atoms with Crippen molar-refractivity contribution >= 4 is 17.5 Å². The summed E-state index contributed by atoms with van der Waals surface area (Å²) in [5.41, 5.74) is 1.29. The SMILES string of the molecule is C#CCNC(=O)c1cccc(N2CCCC2=O)c1. The van der Waals surface area contributed by atoms with Crippen molar-refractivity contribution in [1.29, 1.82) is 0 Å². The Hall–Kier alpha value is -2.28. The number of anilines is 1. The van der Waals surface area contributed by atoms with Crippen molar-refractivity contribution in [2.75, 3.05) is 18.0 Å². The zero-order valence-corrected chi connectivity index (χ0v) is 9.98. The van der Waals surface area contributed by atoms with Crippen molar-refractivity contribution in [2.45, 2.75) is 12.8 Å². The Bertz CT molecular complexity index is 517. The molecule has 2 amide bonds. The van der Waals surface area contributed by atoms with E-state index >= 15 is 0 Å². The largest absolute Gasteiger partial charge is 0.341 e. The topological polar surface area (TPSA) is 49.4 Å². The van der Waals surface area contributed by atoms with Crippen LogP contribution in [0.25, 0.3) is 0 Å². The lowest BCUT2D eigenvalue weighted by Gasteiger charge is -2.16. The fourth-order valence-electron chi connectivity index (χ4n) is 1.97. The van der Waals surface area contributed by atoms with Crippen LogP contribution in [0.5, 0.6) is 0 Å². The molecule has 1 N–H and O–H groups in total. The molecule has 0 aliphatic carbocycles. The summed E-state index contributed by atoms with van der Waals surface area (Å²) in [4.78, 5) is 25.1. The van der Waals surface area contributed by atoms with Crippen LogP contribution in [0.1, 0.15) is 23.2 Å². The molecule has 1 heterocycles. The van der Waals surface area contributed by atoms with Gasteiger partial charge in [-0.1, -0.05) is 12.0 Å². The van der Waals surface area contributed by atoms with Gasteiger partial charge >= 0.3 is 0 Å². The van der Waals surface area contributed by atoms with Crippen molar-refractivity contribution in [2.24, 2.45) is 0 Å². The standard InChI is InChI=1S/C14H14N2O2/c1-2-8-15-14(18)11-5-3-6-12(10-11)16-9-4-7-13(16)17/h1,3,5-6,10H,4,7-9H2,(H,15,18). The Balaban J connectivity index is 2.17. The second-order valence-corrected chi connectivity index (χ2v) is 4.09. The lowest BCUT2D eigenvalue weighted by atomic mass is 10.1. The number of terminal acetylenes is 1. The third kappa shape index (κ3) is 2.51. The van der Waals surface area contributed by atoms with Crippen LogP contribution >= 0.6 is 0 Å². The van der Waals surface area contributed by atoms with Crippen molar-refractivity contribution in [3.63, 3.8) is 0 Å². The molecule has 1 aliphatic rings. The van der Waals surface area contributed by atoms with E-state index in [1.54, 1.807) is 23.1 Å². The van der Waals surface area contributed by atoms with E-state index in [4.69, 9.17) is 6.42 Å². The Morgan fingerprint density at radius 3 is 3.00 bits per heavy atom. The van der Waals surface area contributed by atoms with Gasteiger partial charge in [-0.05, 0) is 24.6 Å². The minimum atomic E-state index is -0.221. The molecule has 2 rings (SSSR count). The second-order valence-electron chi connectivity index (χ2n) is 4.09. The van der Waals surface area contributed by atoms with E-state index in [0.29, 0.717) is 18.5 Å². The molecule has 4 nitrogen and oxygen atoms in total. The van der Waals surface area contributed by atoms with Gasteiger partial charge in [-0.2, -0.15) is 0 Å². The van der Waals surface area contributed by atoms with Gasteiger partial charge in [0, 0.05) is 24.2 Å². The fourth-order valence-corrected chi connectivity index (χ4v) is 1.97. The number of hydrogen-bond acceptors (Lipinski definition) is 2. The summed E-state index contributed by atoms with van der Waals surface area (Å²) < 4.78 is 0. The molecule has 0 radical (unpaired) electrons. The Morgan fingerprint density at radius 2 is 2.33 bits per heavy atom. The van der Waals surface area contributed by atoms with Gasteiger partial charge in [-0.3, -0.25) is 9.59 Å². The van der Waals surface area contributed by atoms with Gasteiger partial charge < -0.3 is 10.2 Å². The summed E-state index contributed by atoms with van der Waals surface area (Å²) in [6, 6.07) is 7.03. The van der Waals surface area contributed by atoms with E-state index in [1.165, 1.54) is 0 Å². The maximum Gasteiger partial charge on any atom is 0.252 e. The average Bonchev–Trinajstić information content (AvgIpc) is 2.82. The Labute approximate surface area is 106 Å². The van der Waals surface area contributed by atoms with Crippen LogP contribution in [-0.4, -0.2) is 24.9 Å². The van der Waals surface area contributed by atoms with Crippen LogP contribution in [0.3, 0.4) is 0 Å². The number of nitrogens with zero attached hydrogens (tertiary/aromatic N) is 1. The molecule has 1 aromatic carbocycles. The van der Waals surface area contributed by atoms with Crippen molar-refractivity contribution in [3.05, 3.63) is 29.8 Å². The smallest absolute Gasteiger partial charge is 0.252 e.